The van der Waals surface area contributed by atoms with Gasteiger partial charge >= 0.3 is 0 Å². The molecule has 1 rings (SSSR count). The molecule has 3 nitrogen and oxygen atoms in total. The summed E-state index contributed by atoms with van der Waals surface area (Å²) in [5.74, 6) is 0.680. The third-order valence-electron chi connectivity index (χ3n) is 3.11. The van der Waals surface area contributed by atoms with Gasteiger partial charge in [-0.25, -0.2) is 0 Å². The first-order valence-corrected chi connectivity index (χ1v) is 6.64. The third-order valence-corrected chi connectivity index (χ3v) is 3.11. The lowest BCUT2D eigenvalue weighted by Crippen LogP contribution is -2.25. The average Bonchev–Trinajstić information content (AvgIpc) is 2.67. The Morgan fingerprint density at radius 2 is 2.12 bits per heavy atom. The molecule has 3 unspecified atom stereocenters. The van der Waals surface area contributed by atoms with E-state index < -0.39 is 0 Å². The SMILES string of the molecule is CCCC(C)COCC1CCC(CNC)O1. The second-order valence-electron chi connectivity index (χ2n) is 4.95. The van der Waals surface area contributed by atoms with Gasteiger partial charge in [0.1, 0.15) is 0 Å². The minimum Gasteiger partial charge on any atom is -0.378 e. The predicted molar refractivity (Wildman–Crippen MR) is 66.7 cm³/mol. The minimum atomic E-state index is 0.326. The van der Waals surface area contributed by atoms with Crippen LogP contribution in [0.15, 0.2) is 0 Å². The quantitative estimate of drug-likeness (QED) is 0.692. The van der Waals surface area contributed by atoms with E-state index in [0.717, 1.165) is 26.2 Å². The van der Waals surface area contributed by atoms with E-state index in [1.807, 2.05) is 7.05 Å². The summed E-state index contributed by atoms with van der Waals surface area (Å²) < 4.78 is 11.6. The maximum atomic E-state index is 5.86. The lowest BCUT2D eigenvalue weighted by Gasteiger charge is -2.15. The van der Waals surface area contributed by atoms with Crippen molar-refractivity contribution in [3.05, 3.63) is 0 Å². The summed E-state index contributed by atoms with van der Waals surface area (Å²) >= 11 is 0. The fourth-order valence-electron chi connectivity index (χ4n) is 2.26. The van der Waals surface area contributed by atoms with Crippen LogP contribution in [0.5, 0.6) is 0 Å². The van der Waals surface area contributed by atoms with Crippen molar-refractivity contribution in [3.63, 3.8) is 0 Å². The molecule has 16 heavy (non-hydrogen) atoms. The molecule has 1 saturated heterocycles. The highest BCUT2D eigenvalue weighted by Crippen LogP contribution is 2.19. The molecule has 96 valence electrons. The molecule has 1 fully saturated rings. The van der Waals surface area contributed by atoms with Gasteiger partial charge in [-0.3, -0.25) is 0 Å². The molecule has 0 bridgehead atoms. The van der Waals surface area contributed by atoms with Crippen molar-refractivity contribution in [1.29, 1.82) is 0 Å². The molecule has 0 aliphatic carbocycles. The summed E-state index contributed by atoms with van der Waals surface area (Å²) in [4.78, 5) is 0. The van der Waals surface area contributed by atoms with Crippen molar-refractivity contribution in [2.24, 2.45) is 5.92 Å². The summed E-state index contributed by atoms with van der Waals surface area (Å²) in [5.41, 5.74) is 0. The summed E-state index contributed by atoms with van der Waals surface area (Å²) in [5, 5.41) is 3.16. The molecule has 0 spiro atoms. The molecular weight excluding hydrogens is 202 g/mol. The Hall–Kier alpha value is -0.120. The van der Waals surface area contributed by atoms with Gasteiger partial charge in [-0.2, -0.15) is 0 Å². The topological polar surface area (TPSA) is 30.5 Å². The number of ether oxygens (including phenoxy) is 2. The van der Waals surface area contributed by atoms with Crippen molar-refractivity contribution in [2.45, 2.75) is 51.7 Å². The Labute approximate surface area is 99.9 Å². The van der Waals surface area contributed by atoms with Crippen LogP contribution >= 0.6 is 0 Å². The van der Waals surface area contributed by atoms with Crippen LogP contribution in [-0.2, 0) is 9.47 Å². The zero-order valence-corrected chi connectivity index (χ0v) is 11.0. The molecule has 0 aromatic carbocycles. The van der Waals surface area contributed by atoms with Gasteiger partial charge in [0.15, 0.2) is 0 Å². The highest BCUT2D eigenvalue weighted by Gasteiger charge is 2.24. The van der Waals surface area contributed by atoms with E-state index in [1.54, 1.807) is 0 Å². The molecule has 1 heterocycles. The van der Waals surface area contributed by atoms with E-state index >= 15 is 0 Å². The van der Waals surface area contributed by atoms with Gasteiger partial charge in [0, 0.05) is 13.2 Å². The van der Waals surface area contributed by atoms with Crippen LogP contribution in [0, 0.1) is 5.92 Å². The molecule has 0 aromatic heterocycles. The van der Waals surface area contributed by atoms with Crippen molar-refractivity contribution < 1.29 is 9.47 Å². The molecule has 3 heteroatoms. The largest absolute Gasteiger partial charge is 0.378 e. The lowest BCUT2D eigenvalue weighted by molar-refractivity contribution is -0.0209. The number of likely N-dealkylation sites (N-methyl/N-ethyl adjacent to an activating group) is 1. The van der Waals surface area contributed by atoms with Gasteiger partial charge in [-0.05, 0) is 32.2 Å². The normalized spacial score (nSPS) is 27.2. The number of nitrogens with one attached hydrogen (secondary N) is 1. The minimum absolute atomic E-state index is 0.326. The van der Waals surface area contributed by atoms with Gasteiger partial charge in [0.25, 0.3) is 0 Å². The van der Waals surface area contributed by atoms with E-state index in [1.165, 1.54) is 19.3 Å². The molecule has 1 aliphatic rings. The fraction of sp³-hybridized carbons (Fsp3) is 1.00. The maximum Gasteiger partial charge on any atom is 0.0813 e. The van der Waals surface area contributed by atoms with Crippen molar-refractivity contribution in [3.8, 4) is 0 Å². The van der Waals surface area contributed by atoms with Gasteiger partial charge in [-0.1, -0.05) is 20.3 Å². The van der Waals surface area contributed by atoms with Crippen LogP contribution in [0.1, 0.15) is 39.5 Å². The van der Waals surface area contributed by atoms with Crippen LogP contribution in [0.3, 0.4) is 0 Å². The molecule has 0 aromatic rings. The first kappa shape index (κ1) is 13.9. The van der Waals surface area contributed by atoms with Crippen molar-refractivity contribution in [1.82, 2.24) is 5.32 Å². The Bertz CT molecular complexity index is 175. The molecule has 1 N–H and O–H groups in total. The number of rotatable bonds is 8. The van der Waals surface area contributed by atoms with Crippen molar-refractivity contribution in [2.75, 3.05) is 26.8 Å². The highest BCUT2D eigenvalue weighted by molar-refractivity contribution is 4.74. The molecule has 0 radical (unpaired) electrons. The highest BCUT2D eigenvalue weighted by atomic mass is 16.5. The fourth-order valence-corrected chi connectivity index (χ4v) is 2.26. The average molecular weight is 229 g/mol. The van der Waals surface area contributed by atoms with Gasteiger partial charge in [0.05, 0.1) is 18.8 Å². The summed E-state index contributed by atoms with van der Waals surface area (Å²) in [6.45, 7) is 7.09. The van der Waals surface area contributed by atoms with Crippen LogP contribution in [0.2, 0.25) is 0 Å². The summed E-state index contributed by atoms with van der Waals surface area (Å²) in [6, 6.07) is 0. The Morgan fingerprint density at radius 1 is 1.38 bits per heavy atom. The zero-order valence-electron chi connectivity index (χ0n) is 11.0. The molecular formula is C13H27NO2. The number of hydrogen-bond acceptors (Lipinski definition) is 3. The lowest BCUT2D eigenvalue weighted by atomic mass is 10.1. The first-order chi connectivity index (χ1) is 7.76. The maximum absolute atomic E-state index is 5.86. The molecule has 0 amide bonds. The van der Waals surface area contributed by atoms with Crippen LogP contribution in [-0.4, -0.2) is 39.0 Å². The van der Waals surface area contributed by atoms with Crippen LogP contribution in [0.25, 0.3) is 0 Å². The summed E-state index contributed by atoms with van der Waals surface area (Å²) in [6.07, 6.45) is 5.54. The van der Waals surface area contributed by atoms with Crippen LogP contribution < -0.4 is 5.32 Å². The van der Waals surface area contributed by atoms with Crippen LogP contribution in [0.4, 0.5) is 0 Å². The van der Waals surface area contributed by atoms with Gasteiger partial charge in [0.2, 0.25) is 0 Å². The van der Waals surface area contributed by atoms with E-state index in [0.29, 0.717) is 18.1 Å². The Morgan fingerprint density at radius 3 is 2.81 bits per heavy atom. The standard InChI is InChI=1S/C13H27NO2/c1-4-5-11(2)9-15-10-13-7-6-12(16-13)8-14-3/h11-14H,4-10H2,1-3H3. The molecule has 0 saturated carbocycles. The molecule has 1 aliphatic heterocycles. The molecule has 3 atom stereocenters. The van der Waals surface area contributed by atoms with E-state index in [9.17, 15) is 0 Å². The third kappa shape index (κ3) is 5.28. The zero-order chi connectivity index (χ0) is 11.8. The van der Waals surface area contributed by atoms with E-state index in [2.05, 4.69) is 19.2 Å². The second-order valence-corrected chi connectivity index (χ2v) is 4.95. The second kappa shape index (κ2) is 8.04. The smallest absolute Gasteiger partial charge is 0.0813 e. The Balaban J connectivity index is 2.02. The monoisotopic (exact) mass is 229 g/mol. The van der Waals surface area contributed by atoms with E-state index in [4.69, 9.17) is 9.47 Å². The number of hydrogen-bond donors (Lipinski definition) is 1. The van der Waals surface area contributed by atoms with Crippen molar-refractivity contribution >= 4 is 0 Å². The summed E-state index contributed by atoms with van der Waals surface area (Å²) in [7, 11) is 1.97. The first-order valence-electron chi connectivity index (χ1n) is 6.64. The predicted octanol–water partition coefficient (Wildman–Crippen LogP) is 2.21. The van der Waals surface area contributed by atoms with E-state index in [-0.39, 0.29) is 0 Å². The Kier molecular flexibility index (Phi) is 7.01. The van der Waals surface area contributed by atoms with Gasteiger partial charge < -0.3 is 14.8 Å². The van der Waals surface area contributed by atoms with Gasteiger partial charge in [-0.15, -0.1) is 0 Å².